The number of anilines is 2. The first-order chi connectivity index (χ1) is 10.1. The van der Waals surface area contributed by atoms with Crippen LogP contribution in [0.15, 0.2) is 42.5 Å². The highest BCUT2D eigenvalue weighted by Crippen LogP contribution is 2.23. The normalized spacial score (nSPS) is 10.2. The average Bonchev–Trinajstić information content (AvgIpc) is 2.49. The van der Waals surface area contributed by atoms with Gasteiger partial charge in [0.1, 0.15) is 0 Å². The largest absolute Gasteiger partial charge is 0.332 e. The van der Waals surface area contributed by atoms with Crippen LogP contribution in [-0.2, 0) is 12.8 Å². The lowest BCUT2D eigenvalue weighted by molar-refractivity contribution is 1.09. The molecule has 4 heteroatoms. The first kappa shape index (κ1) is 15.8. The summed E-state index contributed by atoms with van der Waals surface area (Å²) in [6.45, 7) is 4.30. The standard InChI is InChI=1S/C17H19ClN2S/c1-3-12-6-5-7-13(4-2)16(12)20-17(21)19-15-10-8-14(18)9-11-15/h5-11H,3-4H2,1-2H3,(H2,19,20,21). The molecule has 2 nitrogen and oxygen atoms in total. The second kappa shape index (κ2) is 7.43. The molecule has 0 aliphatic heterocycles. The Kier molecular flexibility index (Phi) is 5.59. The number of para-hydroxylation sites is 1. The van der Waals surface area contributed by atoms with E-state index in [4.69, 9.17) is 23.8 Å². The van der Waals surface area contributed by atoms with Gasteiger partial charge in [0, 0.05) is 16.4 Å². The van der Waals surface area contributed by atoms with E-state index in [1.54, 1.807) is 0 Å². The van der Waals surface area contributed by atoms with Gasteiger partial charge < -0.3 is 10.6 Å². The predicted octanol–water partition coefficient (Wildman–Crippen LogP) is 5.27. The summed E-state index contributed by atoms with van der Waals surface area (Å²) in [5.41, 5.74) is 4.59. The molecule has 0 radical (unpaired) electrons. The maximum absolute atomic E-state index is 5.88. The van der Waals surface area contributed by atoms with Crippen LogP contribution < -0.4 is 10.6 Å². The van der Waals surface area contributed by atoms with Crippen LogP contribution in [0, 0.1) is 0 Å². The Bertz CT molecular complexity index is 601. The van der Waals surface area contributed by atoms with E-state index >= 15 is 0 Å². The van der Waals surface area contributed by atoms with E-state index in [1.165, 1.54) is 11.1 Å². The van der Waals surface area contributed by atoms with E-state index in [0.29, 0.717) is 10.1 Å². The van der Waals surface area contributed by atoms with Crippen LogP contribution in [0.25, 0.3) is 0 Å². The van der Waals surface area contributed by atoms with Crippen LogP contribution in [0.2, 0.25) is 5.02 Å². The lowest BCUT2D eigenvalue weighted by Gasteiger charge is -2.17. The van der Waals surface area contributed by atoms with Gasteiger partial charge in [0.25, 0.3) is 0 Å². The molecule has 110 valence electrons. The average molecular weight is 319 g/mol. The van der Waals surface area contributed by atoms with Crippen molar-refractivity contribution in [3.63, 3.8) is 0 Å². The number of benzene rings is 2. The molecule has 0 saturated carbocycles. The minimum Gasteiger partial charge on any atom is -0.332 e. The van der Waals surface area contributed by atoms with Crippen molar-refractivity contribution in [2.24, 2.45) is 0 Å². The zero-order valence-corrected chi connectivity index (χ0v) is 13.8. The molecule has 0 amide bonds. The zero-order chi connectivity index (χ0) is 15.2. The van der Waals surface area contributed by atoms with E-state index in [9.17, 15) is 0 Å². The van der Waals surface area contributed by atoms with Crippen molar-refractivity contribution in [3.8, 4) is 0 Å². The van der Waals surface area contributed by atoms with Gasteiger partial charge in [-0.1, -0.05) is 43.6 Å². The minimum atomic E-state index is 0.591. The fourth-order valence-electron chi connectivity index (χ4n) is 2.21. The van der Waals surface area contributed by atoms with Crippen LogP contribution >= 0.6 is 23.8 Å². The molecule has 2 aromatic carbocycles. The van der Waals surface area contributed by atoms with E-state index in [0.717, 1.165) is 24.2 Å². The lowest BCUT2D eigenvalue weighted by Crippen LogP contribution is -2.20. The second-order valence-electron chi connectivity index (χ2n) is 4.74. The highest BCUT2D eigenvalue weighted by atomic mass is 35.5. The molecule has 0 aromatic heterocycles. The van der Waals surface area contributed by atoms with Crippen molar-refractivity contribution in [2.75, 3.05) is 10.6 Å². The fraction of sp³-hybridized carbons (Fsp3) is 0.235. The third kappa shape index (κ3) is 4.19. The topological polar surface area (TPSA) is 24.1 Å². The SMILES string of the molecule is CCc1cccc(CC)c1NC(=S)Nc1ccc(Cl)cc1. The van der Waals surface area contributed by atoms with Gasteiger partial charge in [-0.05, 0) is 60.5 Å². The molecule has 0 aliphatic rings. The molecule has 0 fully saturated rings. The van der Waals surface area contributed by atoms with Crippen molar-refractivity contribution >= 4 is 40.3 Å². The summed E-state index contributed by atoms with van der Waals surface area (Å²) in [6.07, 6.45) is 1.94. The zero-order valence-electron chi connectivity index (χ0n) is 12.2. The molecule has 21 heavy (non-hydrogen) atoms. The molecule has 0 atom stereocenters. The van der Waals surface area contributed by atoms with Crippen LogP contribution in [0.1, 0.15) is 25.0 Å². The lowest BCUT2D eigenvalue weighted by atomic mass is 10.0. The van der Waals surface area contributed by atoms with E-state index in [-0.39, 0.29) is 0 Å². The Morgan fingerprint density at radius 2 is 1.52 bits per heavy atom. The molecular formula is C17H19ClN2S. The van der Waals surface area contributed by atoms with Crippen LogP contribution in [0.3, 0.4) is 0 Å². The van der Waals surface area contributed by atoms with Crippen LogP contribution in [0.5, 0.6) is 0 Å². The van der Waals surface area contributed by atoms with Crippen molar-refractivity contribution in [2.45, 2.75) is 26.7 Å². The van der Waals surface area contributed by atoms with Crippen molar-refractivity contribution in [1.82, 2.24) is 0 Å². The van der Waals surface area contributed by atoms with E-state index in [1.807, 2.05) is 24.3 Å². The van der Waals surface area contributed by atoms with E-state index in [2.05, 4.69) is 42.7 Å². The molecular weight excluding hydrogens is 300 g/mol. The second-order valence-corrected chi connectivity index (χ2v) is 5.59. The molecule has 0 saturated heterocycles. The third-order valence-corrected chi connectivity index (χ3v) is 3.80. The Labute approximate surface area is 136 Å². The number of aryl methyl sites for hydroxylation is 2. The number of nitrogens with one attached hydrogen (secondary N) is 2. The van der Waals surface area contributed by atoms with Gasteiger partial charge in [0.05, 0.1) is 0 Å². The molecule has 2 N–H and O–H groups in total. The Morgan fingerprint density at radius 3 is 2.05 bits per heavy atom. The molecule has 2 aromatic rings. The van der Waals surface area contributed by atoms with Gasteiger partial charge in [-0.3, -0.25) is 0 Å². The monoisotopic (exact) mass is 318 g/mol. The van der Waals surface area contributed by atoms with Crippen LogP contribution in [0.4, 0.5) is 11.4 Å². The van der Waals surface area contributed by atoms with Gasteiger partial charge in [0.15, 0.2) is 5.11 Å². The summed E-state index contributed by atoms with van der Waals surface area (Å²) in [6, 6.07) is 13.8. The molecule has 0 heterocycles. The summed E-state index contributed by atoms with van der Waals surface area (Å²) < 4.78 is 0. The van der Waals surface area contributed by atoms with Gasteiger partial charge in [-0.15, -0.1) is 0 Å². The fourth-order valence-corrected chi connectivity index (χ4v) is 2.56. The molecule has 0 bridgehead atoms. The summed E-state index contributed by atoms with van der Waals surface area (Å²) in [4.78, 5) is 0. The van der Waals surface area contributed by atoms with E-state index < -0.39 is 0 Å². The van der Waals surface area contributed by atoms with Crippen molar-refractivity contribution < 1.29 is 0 Å². The van der Waals surface area contributed by atoms with Gasteiger partial charge in [-0.2, -0.15) is 0 Å². The maximum atomic E-state index is 5.88. The number of hydrogen-bond acceptors (Lipinski definition) is 1. The number of hydrogen-bond donors (Lipinski definition) is 2. The van der Waals surface area contributed by atoms with Gasteiger partial charge in [0.2, 0.25) is 0 Å². The highest BCUT2D eigenvalue weighted by Gasteiger charge is 2.08. The van der Waals surface area contributed by atoms with Crippen molar-refractivity contribution in [3.05, 3.63) is 58.6 Å². The summed E-state index contributed by atoms with van der Waals surface area (Å²) in [7, 11) is 0. The van der Waals surface area contributed by atoms with Gasteiger partial charge >= 0.3 is 0 Å². The first-order valence-electron chi connectivity index (χ1n) is 7.08. The van der Waals surface area contributed by atoms with Crippen molar-refractivity contribution in [1.29, 1.82) is 0 Å². The summed E-state index contributed by atoms with van der Waals surface area (Å²) in [5.74, 6) is 0. The summed E-state index contributed by atoms with van der Waals surface area (Å²) in [5, 5.41) is 7.82. The predicted molar refractivity (Wildman–Crippen MR) is 96.5 cm³/mol. The number of rotatable bonds is 4. The Morgan fingerprint density at radius 1 is 0.952 bits per heavy atom. The third-order valence-electron chi connectivity index (χ3n) is 3.34. The minimum absolute atomic E-state index is 0.591. The molecule has 0 unspecified atom stereocenters. The maximum Gasteiger partial charge on any atom is 0.175 e. The molecule has 0 spiro atoms. The Hall–Kier alpha value is -1.58. The number of halogens is 1. The highest BCUT2D eigenvalue weighted by molar-refractivity contribution is 7.80. The Balaban J connectivity index is 2.14. The smallest absolute Gasteiger partial charge is 0.175 e. The first-order valence-corrected chi connectivity index (χ1v) is 7.87. The van der Waals surface area contributed by atoms with Gasteiger partial charge in [-0.25, -0.2) is 0 Å². The van der Waals surface area contributed by atoms with Crippen LogP contribution in [-0.4, -0.2) is 5.11 Å². The quantitative estimate of drug-likeness (QED) is 0.750. The molecule has 0 aliphatic carbocycles. The number of thiocarbonyl (C=S) groups is 1. The molecule has 2 rings (SSSR count). The summed E-state index contributed by atoms with van der Waals surface area (Å²) >= 11 is 11.3.